The Morgan fingerprint density at radius 1 is 1.10 bits per heavy atom. The SMILES string of the molecule is CN[C@](CO)(c1ccccc1)[C@H](O)c1ccc(Br)cc1. The van der Waals surface area contributed by atoms with Crippen LogP contribution in [0.3, 0.4) is 0 Å². The standard InChI is InChI=1S/C16H18BrNO2/c1-18-16(11-19,13-5-3-2-4-6-13)15(20)12-7-9-14(17)10-8-12/h2-10,15,18-20H,11H2,1H3/t15-,16-/m1/s1. The van der Waals surface area contributed by atoms with E-state index >= 15 is 0 Å². The maximum atomic E-state index is 10.7. The highest BCUT2D eigenvalue weighted by Gasteiger charge is 2.38. The van der Waals surface area contributed by atoms with Gasteiger partial charge in [0.2, 0.25) is 0 Å². The van der Waals surface area contributed by atoms with Crippen molar-refractivity contribution in [3.05, 3.63) is 70.2 Å². The van der Waals surface area contributed by atoms with Crippen LogP contribution in [0.2, 0.25) is 0 Å². The molecule has 0 saturated heterocycles. The Hall–Kier alpha value is -1.20. The molecule has 3 nitrogen and oxygen atoms in total. The number of aliphatic hydroxyl groups is 2. The summed E-state index contributed by atoms with van der Waals surface area (Å²) in [6.07, 6.45) is -0.854. The number of nitrogens with one attached hydrogen (secondary N) is 1. The van der Waals surface area contributed by atoms with Gasteiger partial charge in [0.05, 0.1) is 12.1 Å². The van der Waals surface area contributed by atoms with Crippen LogP contribution in [-0.2, 0) is 5.54 Å². The van der Waals surface area contributed by atoms with Gasteiger partial charge in [0.15, 0.2) is 0 Å². The van der Waals surface area contributed by atoms with Gasteiger partial charge in [0, 0.05) is 4.47 Å². The van der Waals surface area contributed by atoms with E-state index < -0.39 is 11.6 Å². The third-order valence-corrected chi connectivity index (χ3v) is 4.17. The number of halogens is 1. The summed E-state index contributed by atoms with van der Waals surface area (Å²) >= 11 is 3.38. The highest BCUT2D eigenvalue weighted by molar-refractivity contribution is 9.10. The average molecular weight is 336 g/mol. The van der Waals surface area contributed by atoms with E-state index in [0.29, 0.717) is 0 Å². The first kappa shape index (κ1) is 15.2. The van der Waals surface area contributed by atoms with Crippen LogP contribution in [0.1, 0.15) is 17.2 Å². The topological polar surface area (TPSA) is 52.5 Å². The van der Waals surface area contributed by atoms with E-state index in [9.17, 15) is 10.2 Å². The first-order valence-electron chi connectivity index (χ1n) is 6.43. The molecule has 0 amide bonds. The number of benzene rings is 2. The maximum Gasteiger partial charge on any atom is 0.104 e. The number of hydrogen-bond acceptors (Lipinski definition) is 3. The highest BCUT2D eigenvalue weighted by Crippen LogP contribution is 2.35. The lowest BCUT2D eigenvalue weighted by Gasteiger charge is -2.37. The predicted molar refractivity (Wildman–Crippen MR) is 83.4 cm³/mol. The molecule has 0 aliphatic rings. The second kappa shape index (κ2) is 6.50. The summed E-state index contributed by atoms with van der Waals surface area (Å²) in [6, 6.07) is 16.9. The molecule has 2 aromatic rings. The van der Waals surface area contributed by atoms with Crippen molar-refractivity contribution in [3.8, 4) is 0 Å². The number of likely N-dealkylation sites (N-methyl/N-ethyl adjacent to an activating group) is 1. The third kappa shape index (κ3) is 2.79. The van der Waals surface area contributed by atoms with Gasteiger partial charge in [-0.3, -0.25) is 0 Å². The van der Waals surface area contributed by atoms with Crippen LogP contribution in [0, 0.1) is 0 Å². The van der Waals surface area contributed by atoms with Crippen molar-refractivity contribution >= 4 is 15.9 Å². The highest BCUT2D eigenvalue weighted by atomic mass is 79.9. The monoisotopic (exact) mass is 335 g/mol. The first-order valence-corrected chi connectivity index (χ1v) is 7.22. The quantitative estimate of drug-likeness (QED) is 0.787. The van der Waals surface area contributed by atoms with E-state index in [4.69, 9.17) is 0 Å². The molecule has 0 radical (unpaired) electrons. The molecule has 0 spiro atoms. The molecule has 0 aliphatic carbocycles. The van der Waals surface area contributed by atoms with Crippen LogP contribution in [0.4, 0.5) is 0 Å². The Morgan fingerprint density at radius 3 is 2.20 bits per heavy atom. The molecule has 3 N–H and O–H groups in total. The Labute approximate surface area is 127 Å². The van der Waals surface area contributed by atoms with E-state index in [2.05, 4.69) is 21.2 Å². The van der Waals surface area contributed by atoms with Crippen molar-refractivity contribution < 1.29 is 10.2 Å². The second-order valence-corrected chi connectivity index (χ2v) is 5.62. The molecule has 2 rings (SSSR count). The Bertz CT molecular complexity index is 538. The van der Waals surface area contributed by atoms with Crippen LogP contribution in [-0.4, -0.2) is 23.9 Å². The molecular formula is C16H18BrNO2. The molecule has 0 aromatic heterocycles. The van der Waals surface area contributed by atoms with Crippen LogP contribution < -0.4 is 5.32 Å². The van der Waals surface area contributed by atoms with E-state index in [1.807, 2.05) is 54.6 Å². The fourth-order valence-electron chi connectivity index (χ4n) is 2.36. The van der Waals surface area contributed by atoms with Crippen LogP contribution in [0.5, 0.6) is 0 Å². The normalized spacial score (nSPS) is 15.6. The van der Waals surface area contributed by atoms with Gasteiger partial charge < -0.3 is 15.5 Å². The largest absolute Gasteiger partial charge is 0.394 e. The maximum absolute atomic E-state index is 10.7. The van der Waals surface area contributed by atoms with Gasteiger partial charge in [-0.15, -0.1) is 0 Å². The number of aliphatic hydroxyl groups excluding tert-OH is 2. The molecule has 20 heavy (non-hydrogen) atoms. The van der Waals surface area contributed by atoms with E-state index in [-0.39, 0.29) is 6.61 Å². The molecule has 0 heterocycles. The number of rotatable bonds is 5. The van der Waals surface area contributed by atoms with Gasteiger partial charge in [-0.05, 0) is 30.3 Å². The van der Waals surface area contributed by atoms with Crippen LogP contribution >= 0.6 is 15.9 Å². The molecule has 2 aromatic carbocycles. The van der Waals surface area contributed by atoms with E-state index in [1.54, 1.807) is 7.05 Å². The zero-order chi connectivity index (χ0) is 14.6. The smallest absolute Gasteiger partial charge is 0.104 e. The molecule has 0 unspecified atom stereocenters. The van der Waals surface area contributed by atoms with Gasteiger partial charge in [-0.1, -0.05) is 58.4 Å². The molecule has 2 atom stereocenters. The van der Waals surface area contributed by atoms with Crippen molar-refractivity contribution in [1.82, 2.24) is 5.32 Å². The second-order valence-electron chi connectivity index (χ2n) is 4.70. The lowest BCUT2D eigenvalue weighted by atomic mass is 9.82. The van der Waals surface area contributed by atoms with Crippen molar-refractivity contribution in [2.24, 2.45) is 0 Å². The molecule has 0 fully saturated rings. The predicted octanol–water partition coefficient (Wildman–Crippen LogP) is 2.59. The molecule has 106 valence electrons. The summed E-state index contributed by atoms with van der Waals surface area (Å²) in [6.45, 7) is -0.204. The minimum atomic E-state index is -0.922. The van der Waals surface area contributed by atoms with E-state index in [0.717, 1.165) is 15.6 Å². The molecule has 0 aliphatic heterocycles. The summed E-state index contributed by atoms with van der Waals surface area (Å²) in [5, 5.41) is 23.7. The fraction of sp³-hybridized carbons (Fsp3) is 0.250. The molecular weight excluding hydrogens is 318 g/mol. The third-order valence-electron chi connectivity index (χ3n) is 3.64. The van der Waals surface area contributed by atoms with Crippen molar-refractivity contribution in [2.75, 3.05) is 13.7 Å². The zero-order valence-electron chi connectivity index (χ0n) is 11.3. The minimum absolute atomic E-state index is 0.204. The molecule has 0 saturated carbocycles. The fourth-order valence-corrected chi connectivity index (χ4v) is 2.63. The summed E-state index contributed by atoms with van der Waals surface area (Å²) in [5.41, 5.74) is 0.676. The molecule has 4 heteroatoms. The summed E-state index contributed by atoms with van der Waals surface area (Å²) in [5.74, 6) is 0. The lowest BCUT2D eigenvalue weighted by molar-refractivity contribution is 0.0190. The number of hydrogen-bond donors (Lipinski definition) is 3. The summed E-state index contributed by atoms with van der Waals surface area (Å²) in [7, 11) is 1.74. The Balaban J connectivity index is 2.45. The van der Waals surface area contributed by atoms with Crippen LogP contribution in [0.15, 0.2) is 59.1 Å². The first-order chi connectivity index (χ1) is 9.64. The summed E-state index contributed by atoms with van der Waals surface area (Å²) < 4.78 is 0.951. The zero-order valence-corrected chi connectivity index (χ0v) is 12.8. The van der Waals surface area contributed by atoms with Crippen molar-refractivity contribution in [3.63, 3.8) is 0 Å². The van der Waals surface area contributed by atoms with Crippen molar-refractivity contribution in [1.29, 1.82) is 0 Å². The van der Waals surface area contributed by atoms with Crippen molar-refractivity contribution in [2.45, 2.75) is 11.6 Å². The van der Waals surface area contributed by atoms with Gasteiger partial charge in [-0.2, -0.15) is 0 Å². The Morgan fingerprint density at radius 2 is 1.70 bits per heavy atom. The minimum Gasteiger partial charge on any atom is -0.394 e. The Kier molecular flexibility index (Phi) is 4.94. The lowest BCUT2D eigenvalue weighted by Crippen LogP contribution is -2.48. The summed E-state index contributed by atoms with van der Waals surface area (Å²) in [4.78, 5) is 0. The average Bonchev–Trinajstić information content (AvgIpc) is 2.51. The van der Waals surface area contributed by atoms with E-state index in [1.165, 1.54) is 0 Å². The van der Waals surface area contributed by atoms with Gasteiger partial charge in [0.1, 0.15) is 6.10 Å². The van der Waals surface area contributed by atoms with Gasteiger partial charge in [0.25, 0.3) is 0 Å². The van der Waals surface area contributed by atoms with Crippen LogP contribution in [0.25, 0.3) is 0 Å². The van der Waals surface area contributed by atoms with Gasteiger partial charge >= 0.3 is 0 Å². The molecule has 0 bridgehead atoms. The van der Waals surface area contributed by atoms with Gasteiger partial charge in [-0.25, -0.2) is 0 Å².